The van der Waals surface area contributed by atoms with Crippen LogP contribution in [-0.2, 0) is 0 Å². The molecule has 11 rings (SSSR count). The predicted molar refractivity (Wildman–Crippen MR) is 219 cm³/mol. The monoisotopic (exact) mass is 645 g/mol. The van der Waals surface area contributed by atoms with Crippen LogP contribution in [-0.4, -0.2) is 4.57 Å². The molecule has 0 aliphatic heterocycles. The number of benzene rings is 10. The lowest BCUT2D eigenvalue weighted by Crippen LogP contribution is -1.96. The molecular formula is C50H31N. The van der Waals surface area contributed by atoms with Gasteiger partial charge in [-0.3, -0.25) is 0 Å². The van der Waals surface area contributed by atoms with Crippen molar-refractivity contribution < 1.29 is 0 Å². The highest BCUT2D eigenvalue weighted by molar-refractivity contribution is 6.28. The van der Waals surface area contributed by atoms with Gasteiger partial charge in [-0.2, -0.15) is 0 Å². The summed E-state index contributed by atoms with van der Waals surface area (Å²) in [7, 11) is 0. The quantitative estimate of drug-likeness (QED) is 0.133. The van der Waals surface area contributed by atoms with E-state index in [4.69, 9.17) is 0 Å². The molecule has 1 heteroatoms. The largest absolute Gasteiger partial charge is 0.308 e. The second-order valence-corrected chi connectivity index (χ2v) is 13.6. The van der Waals surface area contributed by atoms with Gasteiger partial charge in [-0.1, -0.05) is 176 Å². The smallest absolute Gasteiger partial charge is 0.0619 e. The Kier molecular flexibility index (Phi) is 6.02. The molecule has 0 radical (unpaired) electrons. The third kappa shape index (κ3) is 4.09. The molecule has 10 aromatic carbocycles. The van der Waals surface area contributed by atoms with E-state index in [0.717, 1.165) is 5.69 Å². The maximum atomic E-state index is 2.50. The summed E-state index contributed by atoms with van der Waals surface area (Å²) in [4.78, 5) is 0. The Labute approximate surface area is 295 Å². The highest BCUT2D eigenvalue weighted by Gasteiger charge is 2.20. The Morgan fingerprint density at radius 2 is 0.686 bits per heavy atom. The van der Waals surface area contributed by atoms with Crippen LogP contribution < -0.4 is 0 Å². The van der Waals surface area contributed by atoms with Crippen molar-refractivity contribution in [2.24, 2.45) is 0 Å². The Morgan fingerprint density at radius 3 is 1.27 bits per heavy atom. The fourth-order valence-corrected chi connectivity index (χ4v) is 8.74. The summed E-state index contributed by atoms with van der Waals surface area (Å²) in [5.41, 5.74) is 8.68. The summed E-state index contributed by atoms with van der Waals surface area (Å²) < 4.78 is 2.50. The Hall–Kier alpha value is -6.70. The van der Waals surface area contributed by atoms with E-state index in [1.807, 2.05) is 0 Å². The lowest BCUT2D eigenvalue weighted by molar-refractivity contribution is 1.19. The molecule has 0 aliphatic rings. The van der Waals surface area contributed by atoms with Crippen molar-refractivity contribution in [3.63, 3.8) is 0 Å². The first-order valence-electron chi connectivity index (χ1n) is 17.7. The highest BCUT2D eigenvalue weighted by Crippen LogP contribution is 2.47. The summed E-state index contributed by atoms with van der Waals surface area (Å²) in [6.07, 6.45) is 0. The molecule has 0 bridgehead atoms. The van der Waals surface area contributed by atoms with E-state index >= 15 is 0 Å². The normalized spacial score (nSPS) is 11.9. The number of nitrogens with zero attached hydrogens (tertiary/aromatic N) is 1. The highest BCUT2D eigenvalue weighted by atomic mass is 15.0. The molecule has 0 atom stereocenters. The number of rotatable bonds is 3. The average Bonchev–Trinajstić information content (AvgIpc) is 3.56. The second kappa shape index (κ2) is 10.9. The number of hydrogen-bond donors (Lipinski definition) is 0. The molecule has 1 nitrogen and oxygen atoms in total. The molecule has 1 heterocycles. The zero-order chi connectivity index (χ0) is 33.5. The molecule has 51 heavy (non-hydrogen) atoms. The Bertz CT molecular complexity index is 3070. The fraction of sp³-hybridized carbons (Fsp3) is 0. The first-order valence-corrected chi connectivity index (χ1v) is 17.7. The van der Waals surface area contributed by atoms with Crippen molar-refractivity contribution in [2.75, 3.05) is 0 Å². The minimum atomic E-state index is 1.16. The van der Waals surface area contributed by atoms with Crippen molar-refractivity contribution in [3.8, 4) is 27.9 Å². The third-order valence-corrected chi connectivity index (χ3v) is 10.9. The third-order valence-electron chi connectivity index (χ3n) is 10.9. The van der Waals surface area contributed by atoms with E-state index < -0.39 is 0 Å². The van der Waals surface area contributed by atoms with Gasteiger partial charge < -0.3 is 4.57 Å². The molecule has 11 aromatic rings. The maximum Gasteiger partial charge on any atom is 0.0619 e. The van der Waals surface area contributed by atoms with E-state index in [2.05, 4.69) is 193 Å². The van der Waals surface area contributed by atoms with Crippen LogP contribution in [0.5, 0.6) is 0 Å². The average molecular weight is 646 g/mol. The van der Waals surface area contributed by atoms with Crippen LogP contribution in [0.4, 0.5) is 0 Å². The van der Waals surface area contributed by atoms with Gasteiger partial charge in [-0.05, 0) is 77.5 Å². The van der Waals surface area contributed by atoms with E-state index in [0.29, 0.717) is 0 Å². The van der Waals surface area contributed by atoms with Gasteiger partial charge in [0.15, 0.2) is 0 Å². The molecule has 0 saturated heterocycles. The Balaban J connectivity index is 1.22. The number of hydrogen-bond acceptors (Lipinski definition) is 0. The first kappa shape index (κ1) is 28.2. The van der Waals surface area contributed by atoms with E-state index in [-0.39, 0.29) is 0 Å². The fourth-order valence-electron chi connectivity index (χ4n) is 8.74. The summed E-state index contributed by atoms with van der Waals surface area (Å²) in [6, 6.07) is 69.3. The summed E-state index contributed by atoms with van der Waals surface area (Å²) >= 11 is 0. The summed E-state index contributed by atoms with van der Waals surface area (Å²) in [6.45, 7) is 0. The predicted octanol–water partition coefficient (Wildman–Crippen LogP) is 13.9. The van der Waals surface area contributed by atoms with Gasteiger partial charge in [-0.15, -0.1) is 0 Å². The number of aromatic nitrogens is 1. The van der Waals surface area contributed by atoms with Gasteiger partial charge >= 0.3 is 0 Å². The van der Waals surface area contributed by atoms with Gasteiger partial charge in [0.2, 0.25) is 0 Å². The first-order chi connectivity index (χ1) is 25.3. The lowest BCUT2D eigenvalue weighted by atomic mass is 9.84. The molecule has 0 spiro atoms. The van der Waals surface area contributed by atoms with Crippen LogP contribution >= 0.6 is 0 Å². The van der Waals surface area contributed by atoms with Crippen molar-refractivity contribution in [1.82, 2.24) is 4.57 Å². The zero-order valence-electron chi connectivity index (χ0n) is 27.8. The molecule has 0 unspecified atom stereocenters. The van der Waals surface area contributed by atoms with Crippen LogP contribution in [0.25, 0.3) is 104 Å². The molecule has 0 saturated carbocycles. The number of fused-ring (bicyclic) bond motifs is 11. The van der Waals surface area contributed by atoms with Gasteiger partial charge in [0, 0.05) is 27.2 Å². The molecule has 1 aromatic heterocycles. The summed E-state index contributed by atoms with van der Waals surface area (Å²) in [5.74, 6) is 0. The van der Waals surface area contributed by atoms with Crippen LogP contribution in [0.2, 0.25) is 0 Å². The molecular weight excluding hydrogens is 615 g/mol. The van der Waals surface area contributed by atoms with E-state index in [1.54, 1.807) is 0 Å². The van der Waals surface area contributed by atoms with Crippen LogP contribution in [0.15, 0.2) is 188 Å². The Morgan fingerprint density at radius 1 is 0.255 bits per heavy atom. The van der Waals surface area contributed by atoms with Gasteiger partial charge in [0.05, 0.1) is 11.0 Å². The van der Waals surface area contributed by atoms with Crippen LogP contribution in [0.1, 0.15) is 0 Å². The minimum Gasteiger partial charge on any atom is -0.308 e. The van der Waals surface area contributed by atoms with Crippen molar-refractivity contribution in [1.29, 1.82) is 0 Å². The summed E-state index contributed by atoms with van der Waals surface area (Å²) in [5, 5.41) is 15.2. The molecule has 236 valence electrons. The minimum absolute atomic E-state index is 1.16. The van der Waals surface area contributed by atoms with Crippen molar-refractivity contribution in [2.45, 2.75) is 0 Å². The SMILES string of the molecule is c1ccc(-c2c3ccccc3c(-c3ccc(-n4c5c6ccccc6ccc5c5ccc6ccccc6c54)cc3)c3ccc4ccccc4c23)cc1. The van der Waals surface area contributed by atoms with Gasteiger partial charge in [0.25, 0.3) is 0 Å². The van der Waals surface area contributed by atoms with E-state index in [9.17, 15) is 0 Å². The molecule has 0 aliphatic carbocycles. The lowest BCUT2D eigenvalue weighted by Gasteiger charge is -2.19. The van der Waals surface area contributed by atoms with Crippen molar-refractivity contribution >= 4 is 75.7 Å². The molecule has 0 fully saturated rings. The standard InChI is InChI=1S/C50H31N/c1-2-15-35(16-3-1)47-42-21-11-10-20-41(42)46(45-31-26-32-12-4-7-17-38(32)48(45)47)36-22-27-37(28-23-36)51-49-39-18-8-5-13-33(39)24-29-43(49)44-30-25-34-14-6-9-19-40(34)50(44)51/h1-31H. The van der Waals surface area contributed by atoms with Crippen LogP contribution in [0, 0.1) is 0 Å². The van der Waals surface area contributed by atoms with Gasteiger partial charge in [-0.25, -0.2) is 0 Å². The van der Waals surface area contributed by atoms with E-state index in [1.165, 1.54) is 97.9 Å². The topological polar surface area (TPSA) is 4.93 Å². The second-order valence-electron chi connectivity index (χ2n) is 13.6. The maximum absolute atomic E-state index is 2.50. The zero-order valence-corrected chi connectivity index (χ0v) is 27.8. The van der Waals surface area contributed by atoms with Gasteiger partial charge in [0.1, 0.15) is 0 Å². The molecule has 0 N–H and O–H groups in total. The molecule has 0 amide bonds. The van der Waals surface area contributed by atoms with Crippen LogP contribution in [0.3, 0.4) is 0 Å². The van der Waals surface area contributed by atoms with Crippen molar-refractivity contribution in [3.05, 3.63) is 188 Å².